The number of aromatic nitrogens is 1. The highest BCUT2D eigenvalue weighted by molar-refractivity contribution is 6.33. The molecular weight excluding hydrogens is 255 g/mol. The average Bonchev–Trinajstić information content (AvgIpc) is 2.32. The SMILES string of the molecule is Nc1ccncc1CCc1cc(Cl)ccc1Cl. The summed E-state index contributed by atoms with van der Waals surface area (Å²) in [5, 5.41) is 1.43. The lowest BCUT2D eigenvalue weighted by Gasteiger charge is -2.06. The molecule has 0 atom stereocenters. The van der Waals surface area contributed by atoms with E-state index in [4.69, 9.17) is 28.9 Å². The van der Waals surface area contributed by atoms with Crippen LogP contribution in [-0.2, 0) is 12.8 Å². The average molecular weight is 267 g/mol. The number of nitrogens with two attached hydrogens (primary N) is 1. The van der Waals surface area contributed by atoms with E-state index in [1.165, 1.54) is 0 Å². The Morgan fingerprint density at radius 1 is 1.06 bits per heavy atom. The number of benzene rings is 1. The van der Waals surface area contributed by atoms with Gasteiger partial charge in [-0.05, 0) is 48.2 Å². The molecule has 0 unspecified atom stereocenters. The number of nitrogens with zero attached hydrogens (tertiary/aromatic N) is 1. The minimum absolute atomic E-state index is 0.698. The third-order valence-electron chi connectivity index (χ3n) is 2.61. The number of hydrogen-bond acceptors (Lipinski definition) is 2. The van der Waals surface area contributed by atoms with Gasteiger partial charge < -0.3 is 5.73 Å². The molecule has 0 saturated carbocycles. The lowest BCUT2D eigenvalue weighted by atomic mass is 10.0. The van der Waals surface area contributed by atoms with Crippen LogP contribution in [-0.4, -0.2) is 4.98 Å². The molecule has 1 heterocycles. The minimum Gasteiger partial charge on any atom is -0.398 e. The van der Waals surface area contributed by atoms with Crippen LogP contribution in [0.5, 0.6) is 0 Å². The zero-order valence-electron chi connectivity index (χ0n) is 9.16. The lowest BCUT2D eigenvalue weighted by Crippen LogP contribution is -1.98. The van der Waals surface area contributed by atoms with Gasteiger partial charge in [-0.3, -0.25) is 4.98 Å². The molecule has 2 N–H and O–H groups in total. The molecule has 4 heteroatoms. The van der Waals surface area contributed by atoms with Gasteiger partial charge in [0.25, 0.3) is 0 Å². The van der Waals surface area contributed by atoms with E-state index >= 15 is 0 Å². The van der Waals surface area contributed by atoms with E-state index < -0.39 is 0 Å². The van der Waals surface area contributed by atoms with Crippen molar-refractivity contribution < 1.29 is 0 Å². The summed E-state index contributed by atoms with van der Waals surface area (Å²) in [6, 6.07) is 7.28. The van der Waals surface area contributed by atoms with Crippen molar-refractivity contribution in [2.75, 3.05) is 5.73 Å². The molecule has 0 aliphatic heterocycles. The van der Waals surface area contributed by atoms with Crippen LogP contribution >= 0.6 is 23.2 Å². The van der Waals surface area contributed by atoms with E-state index in [1.54, 1.807) is 24.5 Å². The number of anilines is 1. The number of nitrogen functional groups attached to an aromatic ring is 1. The number of hydrogen-bond donors (Lipinski definition) is 1. The molecule has 0 radical (unpaired) electrons. The fourth-order valence-corrected chi connectivity index (χ4v) is 2.06. The molecule has 0 spiro atoms. The number of pyridine rings is 1. The highest BCUT2D eigenvalue weighted by atomic mass is 35.5. The fourth-order valence-electron chi connectivity index (χ4n) is 1.65. The predicted molar refractivity (Wildman–Crippen MR) is 72.5 cm³/mol. The van der Waals surface area contributed by atoms with Gasteiger partial charge in [0.05, 0.1) is 0 Å². The van der Waals surface area contributed by atoms with E-state index in [0.717, 1.165) is 34.7 Å². The molecule has 88 valence electrons. The van der Waals surface area contributed by atoms with Crippen molar-refractivity contribution >= 4 is 28.9 Å². The molecule has 0 fully saturated rings. The zero-order valence-corrected chi connectivity index (χ0v) is 10.7. The van der Waals surface area contributed by atoms with Crippen molar-refractivity contribution in [3.05, 3.63) is 57.8 Å². The molecule has 1 aromatic carbocycles. The summed E-state index contributed by atoms with van der Waals surface area (Å²) < 4.78 is 0. The van der Waals surface area contributed by atoms with Crippen molar-refractivity contribution in [3.63, 3.8) is 0 Å². The highest BCUT2D eigenvalue weighted by Crippen LogP contribution is 2.22. The fraction of sp³-hybridized carbons (Fsp3) is 0.154. The molecule has 0 aliphatic carbocycles. The van der Waals surface area contributed by atoms with E-state index in [9.17, 15) is 0 Å². The Labute approximate surface area is 110 Å². The highest BCUT2D eigenvalue weighted by Gasteiger charge is 2.04. The number of halogens is 2. The first-order chi connectivity index (χ1) is 8.16. The quantitative estimate of drug-likeness (QED) is 0.919. The molecular formula is C13H12Cl2N2. The summed E-state index contributed by atoms with van der Waals surface area (Å²) >= 11 is 12.0. The Kier molecular flexibility index (Phi) is 3.87. The van der Waals surface area contributed by atoms with Gasteiger partial charge in [-0.25, -0.2) is 0 Å². The summed E-state index contributed by atoms with van der Waals surface area (Å²) in [6.07, 6.45) is 5.08. The van der Waals surface area contributed by atoms with Crippen LogP contribution in [0.2, 0.25) is 10.0 Å². The summed E-state index contributed by atoms with van der Waals surface area (Å²) in [5.41, 5.74) is 8.68. The van der Waals surface area contributed by atoms with Gasteiger partial charge in [-0.2, -0.15) is 0 Å². The monoisotopic (exact) mass is 266 g/mol. The van der Waals surface area contributed by atoms with Crippen molar-refractivity contribution in [3.8, 4) is 0 Å². The van der Waals surface area contributed by atoms with Gasteiger partial charge >= 0.3 is 0 Å². The van der Waals surface area contributed by atoms with Gasteiger partial charge in [-0.1, -0.05) is 23.2 Å². The maximum absolute atomic E-state index is 6.10. The van der Waals surface area contributed by atoms with Gasteiger partial charge in [0, 0.05) is 28.1 Å². The van der Waals surface area contributed by atoms with Crippen LogP contribution in [0.25, 0.3) is 0 Å². The largest absolute Gasteiger partial charge is 0.398 e. The Morgan fingerprint density at radius 2 is 1.82 bits per heavy atom. The molecule has 2 rings (SSSR count). The topological polar surface area (TPSA) is 38.9 Å². The van der Waals surface area contributed by atoms with E-state index in [2.05, 4.69) is 4.98 Å². The van der Waals surface area contributed by atoms with E-state index in [0.29, 0.717) is 5.02 Å². The van der Waals surface area contributed by atoms with Gasteiger partial charge in [0.1, 0.15) is 0 Å². The van der Waals surface area contributed by atoms with Crippen LogP contribution in [0.15, 0.2) is 36.7 Å². The standard InChI is InChI=1S/C13H12Cl2N2/c14-11-3-4-12(15)9(7-11)1-2-10-8-17-6-5-13(10)16/h3-8H,1-2H2,(H2,16,17). The van der Waals surface area contributed by atoms with Crippen LogP contribution in [0, 0.1) is 0 Å². The lowest BCUT2D eigenvalue weighted by molar-refractivity contribution is 0.953. The first kappa shape index (κ1) is 12.2. The van der Waals surface area contributed by atoms with Crippen LogP contribution < -0.4 is 5.73 Å². The van der Waals surface area contributed by atoms with Crippen molar-refractivity contribution in [2.24, 2.45) is 0 Å². The Balaban J connectivity index is 2.12. The molecule has 0 bridgehead atoms. The first-order valence-electron chi connectivity index (χ1n) is 5.29. The number of rotatable bonds is 3. The number of aryl methyl sites for hydroxylation is 2. The summed E-state index contributed by atoms with van der Waals surface area (Å²) in [4.78, 5) is 4.06. The van der Waals surface area contributed by atoms with Crippen LogP contribution in [0.1, 0.15) is 11.1 Å². The minimum atomic E-state index is 0.698. The molecule has 0 aliphatic rings. The molecule has 2 nitrogen and oxygen atoms in total. The normalized spacial score (nSPS) is 10.5. The molecule has 1 aromatic heterocycles. The second-order valence-electron chi connectivity index (χ2n) is 3.81. The Hall–Kier alpha value is -1.25. The Morgan fingerprint density at radius 3 is 2.59 bits per heavy atom. The molecule has 17 heavy (non-hydrogen) atoms. The van der Waals surface area contributed by atoms with Crippen LogP contribution in [0.4, 0.5) is 5.69 Å². The van der Waals surface area contributed by atoms with E-state index in [1.807, 2.05) is 12.1 Å². The summed E-state index contributed by atoms with van der Waals surface area (Å²) in [5.74, 6) is 0. The van der Waals surface area contributed by atoms with Crippen molar-refractivity contribution in [1.82, 2.24) is 4.98 Å². The van der Waals surface area contributed by atoms with Gasteiger partial charge in [-0.15, -0.1) is 0 Å². The summed E-state index contributed by atoms with van der Waals surface area (Å²) in [6.45, 7) is 0. The maximum Gasteiger partial charge on any atom is 0.0439 e. The van der Waals surface area contributed by atoms with Crippen LogP contribution in [0.3, 0.4) is 0 Å². The van der Waals surface area contributed by atoms with Gasteiger partial charge in [0.15, 0.2) is 0 Å². The van der Waals surface area contributed by atoms with Crippen molar-refractivity contribution in [1.29, 1.82) is 0 Å². The molecule has 0 saturated heterocycles. The second kappa shape index (κ2) is 5.39. The smallest absolute Gasteiger partial charge is 0.0439 e. The molecule has 2 aromatic rings. The summed E-state index contributed by atoms with van der Waals surface area (Å²) in [7, 11) is 0. The van der Waals surface area contributed by atoms with Crippen molar-refractivity contribution in [2.45, 2.75) is 12.8 Å². The Bertz CT molecular complexity index is 527. The van der Waals surface area contributed by atoms with Gasteiger partial charge in [0.2, 0.25) is 0 Å². The zero-order chi connectivity index (χ0) is 12.3. The second-order valence-corrected chi connectivity index (χ2v) is 4.65. The predicted octanol–water partition coefficient (Wildman–Crippen LogP) is 3.76. The molecule has 0 amide bonds. The maximum atomic E-state index is 6.10. The first-order valence-corrected chi connectivity index (χ1v) is 6.04. The third kappa shape index (κ3) is 3.11. The third-order valence-corrected chi connectivity index (χ3v) is 3.22. The van der Waals surface area contributed by atoms with E-state index in [-0.39, 0.29) is 0 Å².